The van der Waals surface area contributed by atoms with E-state index in [4.69, 9.17) is 4.55 Å². The van der Waals surface area contributed by atoms with Crippen molar-refractivity contribution in [3.05, 3.63) is 0 Å². The summed E-state index contributed by atoms with van der Waals surface area (Å²) in [6.45, 7) is -1.03. The van der Waals surface area contributed by atoms with Gasteiger partial charge in [0.05, 0.1) is 0 Å². The lowest BCUT2D eigenvalue weighted by atomic mass is 10.9. The molecule has 0 saturated carbocycles. The summed E-state index contributed by atoms with van der Waals surface area (Å²) in [5, 5.41) is 0. The standard InChI is InChI=1S/C2H5FO3S.ClH/c3-1-2-7(4,5)6;/h1-2H2,(H,4,5,6);1H. The molecule has 0 radical (unpaired) electrons. The van der Waals surface area contributed by atoms with Crippen LogP contribution in [-0.4, -0.2) is 25.4 Å². The van der Waals surface area contributed by atoms with Gasteiger partial charge in [0.25, 0.3) is 10.1 Å². The predicted molar refractivity (Wildman–Crippen MR) is 29.6 cm³/mol. The van der Waals surface area contributed by atoms with Crippen molar-refractivity contribution >= 4 is 22.5 Å². The largest absolute Gasteiger partial charge is 0.285 e. The zero-order valence-corrected chi connectivity index (χ0v) is 5.51. The second-order valence-corrected chi connectivity index (χ2v) is 2.55. The Morgan fingerprint density at radius 2 is 1.88 bits per heavy atom. The van der Waals surface area contributed by atoms with Gasteiger partial charge < -0.3 is 0 Å². The predicted octanol–water partition coefficient (Wildman–Crippen LogP) is 0.266. The van der Waals surface area contributed by atoms with E-state index in [1.807, 2.05) is 0 Å². The average Bonchev–Trinajstić information content (AvgIpc) is 1.30. The first-order valence-electron chi connectivity index (χ1n) is 1.57. The summed E-state index contributed by atoms with van der Waals surface area (Å²) >= 11 is 0. The van der Waals surface area contributed by atoms with Crippen molar-refractivity contribution in [1.29, 1.82) is 0 Å². The molecule has 1 N–H and O–H groups in total. The summed E-state index contributed by atoms with van der Waals surface area (Å²) in [6, 6.07) is 0. The van der Waals surface area contributed by atoms with Gasteiger partial charge in [-0.3, -0.25) is 4.55 Å². The maximum atomic E-state index is 10.9. The first-order chi connectivity index (χ1) is 3.06. The number of alkyl halides is 1. The Labute approximate surface area is 53.1 Å². The highest BCUT2D eigenvalue weighted by molar-refractivity contribution is 7.85. The maximum absolute atomic E-state index is 10.9. The minimum absolute atomic E-state index is 0. The molecule has 8 heavy (non-hydrogen) atoms. The van der Waals surface area contributed by atoms with Gasteiger partial charge in [-0.25, -0.2) is 4.39 Å². The second kappa shape index (κ2) is 4.05. The normalized spacial score (nSPS) is 10.2. The first kappa shape index (κ1) is 11.0. The van der Waals surface area contributed by atoms with E-state index >= 15 is 0 Å². The highest BCUT2D eigenvalue weighted by Gasteiger charge is 2.00. The Morgan fingerprint density at radius 1 is 1.50 bits per heavy atom. The number of hydrogen-bond donors (Lipinski definition) is 1. The lowest BCUT2D eigenvalue weighted by Crippen LogP contribution is -2.04. The fourth-order valence-corrected chi connectivity index (χ4v) is 0.292. The Kier molecular flexibility index (Phi) is 5.57. The number of rotatable bonds is 2. The third-order valence-corrected chi connectivity index (χ3v) is 1.01. The molecule has 0 spiro atoms. The van der Waals surface area contributed by atoms with E-state index in [1.54, 1.807) is 0 Å². The van der Waals surface area contributed by atoms with Gasteiger partial charge in [-0.1, -0.05) is 0 Å². The summed E-state index contributed by atoms with van der Waals surface area (Å²) in [5.41, 5.74) is 0. The van der Waals surface area contributed by atoms with Gasteiger partial charge in [0.2, 0.25) is 0 Å². The zero-order chi connectivity index (χ0) is 5.91. The van der Waals surface area contributed by atoms with Gasteiger partial charge in [-0.2, -0.15) is 8.42 Å². The number of halogens is 2. The third-order valence-electron chi connectivity index (χ3n) is 0.335. The quantitative estimate of drug-likeness (QED) is 0.596. The van der Waals surface area contributed by atoms with E-state index < -0.39 is 22.5 Å². The SMILES string of the molecule is Cl.O=S(=O)(O)CCF. The molecule has 0 aliphatic carbocycles. The van der Waals surface area contributed by atoms with Crippen molar-refractivity contribution in [1.82, 2.24) is 0 Å². The van der Waals surface area contributed by atoms with Crippen molar-refractivity contribution in [3.63, 3.8) is 0 Å². The smallest absolute Gasteiger partial charge is 0.267 e. The molecule has 0 aliphatic rings. The molecule has 0 aromatic carbocycles. The van der Waals surface area contributed by atoms with Crippen LogP contribution in [0.25, 0.3) is 0 Å². The molecule has 0 aliphatic heterocycles. The highest BCUT2D eigenvalue weighted by atomic mass is 35.5. The van der Waals surface area contributed by atoms with Gasteiger partial charge in [0.1, 0.15) is 12.4 Å². The lowest BCUT2D eigenvalue weighted by molar-refractivity contribution is 0.461. The third kappa shape index (κ3) is 9.46. The van der Waals surface area contributed by atoms with Crippen molar-refractivity contribution < 1.29 is 17.4 Å². The molecule has 0 bridgehead atoms. The van der Waals surface area contributed by atoms with Crippen molar-refractivity contribution in [3.8, 4) is 0 Å². The zero-order valence-electron chi connectivity index (χ0n) is 3.87. The second-order valence-electron chi connectivity index (χ2n) is 0.975. The lowest BCUT2D eigenvalue weighted by Gasteiger charge is -1.84. The van der Waals surface area contributed by atoms with Crippen LogP contribution >= 0.6 is 12.4 Å². The Bertz CT molecular complexity index is 130. The molecule has 0 unspecified atom stereocenters. The Hall–Kier alpha value is 0.130. The van der Waals surface area contributed by atoms with Gasteiger partial charge in [0.15, 0.2) is 0 Å². The molecule has 0 aromatic heterocycles. The summed E-state index contributed by atoms with van der Waals surface area (Å²) in [6.07, 6.45) is 0. The minimum Gasteiger partial charge on any atom is -0.285 e. The van der Waals surface area contributed by atoms with E-state index in [1.165, 1.54) is 0 Å². The van der Waals surface area contributed by atoms with Crippen molar-refractivity contribution in [2.24, 2.45) is 0 Å². The maximum Gasteiger partial charge on any atom is 0.267 e. The van der Waals surface area contributed by atoms with Crippen LogP contribution in [0.1, 0.15) is 0 Å². The van der Waals surface area contributed by atoms with Crippen molar-refractivity contribution in [2.75, 3.05) is 12.4 Å². The average molecular weight is 165 g/mol. The molecule has 52 valence electrons. The summed E-state index contributed by atoms with van der Waals surface area (Å²) in [4.78, 5) is 0. The molecule has 0 fully saturated rings. The molecule has 0 heterocycles. The van der Waals surface area contributed by atoms with E-state index in [2.05, 4.69) is 0 Å². The van der Waals surface area contributed by atoms with Crippen LogP contribution in [-0.2, 0) is 10.1 Å². The molecule has 0 amide bonds. The van der Waals surface area contributed by atoms with Gasteiger partial charge in [0, 0.05) is 0 Å². The monoisotopic (exact) mass is 164 g/mol. The van der Waals surface area contributed by atoms with Gasteiger partial charge in [-0.05, 0) is 0 Å². The first-order valence-corrected chi connectivity index (χ1v) is 3.18. The molecule has 3 nitrogen and oxygen atoms in total. The van der Waals surface area contributed by atoms with Crippen LogP contribution in [0.5, 0.6) is 0 Å². The molecular weight excluding hydrogens is 159 g/mol. The van der Waals surface area contributed by atoms with Crippen molar-refractivity contribution in [2.45, 2.75) is 0 Å². The number of hydrogen-bond acceptors (Lipinski definition) is 2. The van der Waals surface area contributed by atoms with Crippen LogP contribution in [0.15, 0.2) is 0 Å². The summed E-state index contributed by atoms with van der Waals surface area (Å²) < 4.78 is 37.8. The van der Waals surface area contributed by atoms with E-state index in [0.717, 1.165) is 0 Å². The van der Waals surface area contributed by atoms with E-state index in [0.29, 0.717) is 0 Å². The molecule has 0 aromatic rings. The fraction of sp³-hybridized carbons (Fsp3) is 1.00. The molecule has 0 saturated heterocycles. The van der Waals surface area contributed by atoms with Crippen LogP contribution in [0.2, 0.25) is 0 Å². The van der Waals surface area contributed by atoms with Gasteiger partial charge >= 0.3 is 0 Å². The van der Waals surface area contributed by atoms with E-state index in [9.17, 15) is 12.8 Å². The van der Waals surface area contributed by atoms with Crippen LogP contribution < -0.4 is 0 Å². The minimum atomic E-state index is -4.05. The van der Waals surface area contributed by atoms with Crippen LogP contribution in [0, 0.1) is 0 Å². The van der Waals surface area contributed by atoms with Gasteiger partial charge in [-0.15, -0.1) is 12.4 Å². The highest BCUT2D eigenvalue weighted by Crippen LogP contribution is 1.79. The molecule has 0 atom stereocenters. The van der Waals surface area contributed by atoms with E-state index in [-0.39, 0.29) is 12.4 Å². The fourth-order valence-electron chi connectivity index (χ4n) is 0.0975. The van der Waals surface area contributed by atoms with Crippen LogP contribution in [0.3, 0.4) is 0 Å². The van der Waals surface area contributed by atoms with Crippen LogP contribution in [0.4, 0.5) is 4.39 Å². The molecular formula is C2H6ClFO3S. The topological polar surface area (TPSA) is 54.4 Å². The molecule has 6 heteroatoms. The summed E-state index contributed by atoms with van der Waals surface area (Å²) in [5.74, 6) is -0.799. The Balaban J connectivity index is 0. The summed E-state index contributed by atoms with van der Waals surface area (Å²) in [7, 11) is -4.05. The molecule has 0 rings (SSSR count). The Morgan fingerprint density at radius 3 is 1.88 bits per heavy atom.